The zero-order valence-electron chi connectivity index (χ0n) is 12.0. The largest absolute Gasteiger partial charge is 0.534 e. The number of amidine groups is 1. The van der Waals surface area contributed by atoms with E-state index in [-0.39, 0.29) is 5.92 Å². The van der Waals surface area contributed by atoms with E-state index in [1.54, 1.807) is 0 Å². The second-order valence-electron chi connectivity index (χ2n) is 6.40. The fourth-order valence-electron chi connectivity index (χ4n) is 1.30. The van der Waals surface area contributed by atoms with E-state index < -0.39 is 16.6 Å². The number of aliphatic imine (C=N–C) groups is 2. The summed E-state index contributed by atoms with van der Waals surface area (Å²) in [5.74, 6) is 1.06. The molecule has 0 aromatic heterocycles. The van der Waals surface area contributed by atoms with E-state index in [0.717, 1.165) is 5.90 Å². The highest BCUT2D eigenvalue weighted by Gasteiger charge is 2.27. The van der Waals surface area contributed by atoms with E-state index in [0.29, 0.717) is 12.6 Å². The molecule has 0 N–H and O–H groups in total. The molecule has 1 unspecified atom stereocenters. The summed E-state index contributed by atoms with van der Waals surface area (Å²) in [7, 11) is -3.24. The lowest BCUT2D eigenvalue weighted by atomic mass is 10.2. The lowest BCUT2D eigenvalue weighted by Gasteiger charge is -2.27. The van der Waals surface area contributed by atoms with Gasteiger partial charge in [0, 0.05) is 0 Å². The molecule has 0 saturated heterocycles. The first-order valence-electron chi connectivity index (χ1n) is 6.08. The van der Waals surface area contributed by atoms with Gasteiger partial charge in [-0.2, -0.15) is 4.99 Å². The maximum Gasteiger partial charge on any atom is 0.300 e. The van der Waals surface area contributed by atoms with Crippen molar-refractivity contribution in [1.29, 1.82) is 0 Å². The fourth-order valence-corrected chi connectivity index (χ4v) is 2.83. The highest BCUT2D eigenvalue weighted by molar-refractivity contribution is 6.72. The fraction of sp³-hybridized carbons (Fsp3) is 0.818. The molecule has 6 heteroatoms. The van der Waals surface area contributed by atoms with Crippen LogP contribution in [0.2, 0.25) is 39.3 Å². The first kappa shape index (κ1) is 14.4. The number of rotatable bonds is 2. The number of hydrogen-bond acceptors (Lipinski definition) is 4. The maximum atomic E-state index is 5.98. The molecule has 0 saturated carbocycles. The van der Waals surface area contributed by atoms with Crippen LogP contribution in [0.25, 0.3) is 0 Å². The maximum absolute atomic E-state index is 5.98. The summed E-state index contributed by atoms with van der Waals surface area (Å²) in [5, 5.41) is 0. The minimum atomic E-state index is -1.64. The van der Waals surface area contributed by atoms with Crippen LogP contribution in [0.4, 0.5) is 0 Å². The van der Waals surface area contributed by atoms with E-state index in [1.165, 1.54) is 0 Å². The van der Waals surface area contributed by atoms with E-state index >= 15 is 0 Å². The molecule has 0 bridgehead atoms. The van der Waals surface area contributed by atoms with Gasteiger partial charge in [-0.1, -0.05) is 6.92 Å². The zero-order chi connectivity index (χ0) is 13.3. The first-order chi connectivity index (χ1) is 7.57. The minimum absolute atomic E-state index is 0.260. The van der Waals surface area contributed by atoms with Crippen molar-refractivity contribution in [3.05, 3.63) is 0 Å². The molecule has 1 atom stereocenters. The Morgan fingerprint density at radius 3 is 2.00 bits per heavy atom. The third-order valence-corrected chi connectivity index (χ3v) is 3.55. The summed E-state index contributed by atoms with van der Waals surface area (Å²) >= 11 is 0. The average Bonchev–Trinajstić information content (AvgIpc) is 2.05. The first-order valence-corrected chi connectivity index (χ1v) is 12.9. The summed E-state index contributed by atoms with van der Waals surface area (Å²) in [6, 6.07) is 0.510. The van der Waals surface area contributed by atoms with Crippen LogP contribution in [0.15, 0.2) is 9.98 Å². The number of hydrogen-bond donors (Lipinski definition) is 0. The molecule has 0 aromatic carbocycles. The summed E-state index contributed by atoms with van der Waals surface area (Å²) in [6.07, 6.45) is 0. The van der Waals surface area contributed by atoms with Crippen molar-refractivity contribution in [3.8, 4) is 0 Å². The third kappa shape index (κ3) is 5.49. The van der Waals surface area contributed by atoms with Crippen molar-refractivity contribution in [3.63, 3.8) is 0 Å². The Kier molecular flexibility index (Phi) is 4.19. The molecule has 1 rings (SSSR count). The van der Waals surface area contributed by atoms with Gasteiger partial charge in [-0.05, 0) is 39.3 Å². The lowest BCUT2D eigenvalue weighted by Crippen LogP contribution is -2.37. The molecule has 0 fully saturated rings. The van der Waals surface area contributed by atoms with E-state index in [4.69, 9.17) is 8.85 Å². The Morgan fingerprint density at radius 2 is 1.53 bits per heavy atom. The van der Waals surface area contributed by atoms with E-state index in [2.05, 4.69) is 56.2 Å². The van der Waals surface area contributed by atoms with Gasteiger partial charge in [0.05, 0.1) is 12.5 Å². The molecular formula is C11H24N2O2Si2. The predicted octanol–water partition coefficient (Wildman–Crippen LogP) is 3.09. The molecule has 1 aliphatic heterocycles. The normalized spacial score (nSPS) is 21.7. The average molecular weight is 272 g/mol. The van der Waals surface area contributed by atoms with Gasteiger partial charge in [-0.25, -0.2) is 4.99 Å². The van der Waals surface area contributed by atoms with Gasteiger partial charge in [-0.15, -0.1) is 0 Å². The summed E-state index contributed by atoms with van der Waals surface area (Å²) in [4.78, 5) is 8.78. The molecule has 1 heterocycles. The van der Waals surface area contributed by atoms with Crippen molar-refractivity contribution in [2.45, 2.75) is 46.2 Å². The lowest BCUT2D eigenvalue weighted by molar-refractivity contribution is 0.473. The summed E-state index contributed by atoms with van der Waals surface area (Å²) < 4.78 is 11.8. The SMILES string of the molecule is CC1CN=C(O[Si](C)(C)C)N=C1O[Si](C)(C)C. The van der Waals surface area contributed by atoms with Gasteiger partial charge in [-0.3, -0.25) is 0 Å². The Labute approximate surface area is 106 Å². The Balaban J connectivity index is 2.78. The molecule has 0 aliphatic carbocycles. The molecule has 4 nitrogen and oxygen atoms in total. The third-order valence-electron chi connectivity index (χ3n) is 1.94. The van der Waals surface area contributed by atoms with Crippen molar-refractivity contribution in [1.82, 2.24) is 0 Å². The quantitative estimate of drug-likeness (QED) is 0.725. The second-order valence-corrected chi connectivity index (χ2v) is 15.3. The minimum Gasteiger partial charge on any atom is -0.534 e. The molecule has 0 amide bonds. The smallest absolute Gasteiger partial charge is 0.300 e. The molecule has 17 heavy (non-hydrogen) atoms. The van der Waals surface area contributed by atoms with Crippen molar-refractivity contribution >= 4 is 28.6 Å². The van der Waals surface area contributed by atoms with Gasteiger partial charge in [0.2, 0.25) is 16.6 Å². The topological polar surface area (TPSA) is 43.2 Å². The van der Waals surface area contributed by atoms with Crippen LogP contribution in [0.1, 0.15) is 6.92 Å². The summed E-state index contributed by atoms with van der Waals surface area (Å²) in [6.45, 7) is 15.7. The van der Waals surface area contributed by atoms with Gasteiger partial charge >= 0.3 is 6.02 Å². The molecular weight excluding hydrogens is 248 g/mol. The van der Waals surface area contributed by atoms with Crippen LogP contribution in [0, 0.1) is 5.92 Å². The van der Waals surface area contributed by atoms with Crippen LogP contribution >= 0.6 is 0 Å². The predicted molar refractivity (Wildman–Crippen MR) is 77.8 cm³/mol. The van der Waals surface area contributed by atoms with Gasteiger partial charge in [0.15, 0.2) is 5.90 Å². The van der Waals surface area contributed by atoms with Crippen LogP contribution in [0.5, 0.6) is 0 Å². The van der Waals surface area contributed by atoms with Crippen LogP contribution in [-0.2, 0) is 8.85 Å². The van der Waals surface area contributed by atoms with Crippen molar-refractivity contribution in [2.75, 3.05) is 6.54 Å². The van der Waals surface area contributed by atoms with Gasteiger partial charge < -0.3 is 8.85 Å². The highest BCUT2D eigenvalue weighted by atomic mass is 28.4. The Morgan fingerprint density at radius 1 is 1.00 bits per heavy atom. The zero-order valence-corrected chi connectivity index (χ0v) is 14.0. The van der Waals surface area contributed by atoms with Crippen molar-refractivity contribution in [2.24, 2.45) is 15.9 Å². The monoisotopic (exact) mass is 272 g/mol. The standard InChI is InChI=1S/C11H24N2O2Si2/c1-9-8-12-11(15-17(5,6)7)13-10(9)14-16(2,3)4/h9H,8H2,1-7H3. The number of nitrogens with zero attached hydrogens (tertiary/aromatic N) is 2. The van der Waals surface area contributed by atoms with Gasteiger partial charge in [0.1, 0.15) is 0 Å². The van der Waals surface area contributed by atoms with Crippen molar-refractivity contribution < 1.29 is 8.85 Å². The van der Waals surface area contributed by atoms with Crippen LogP contribution < -0.4 is 0 Å². The Hall–Kier alpha value is -0.626. The molecule has 0 radical (unpaired) electrons. The summed E-state index contributed by atoms with van der Waals surface area (Å²) in [5.41, 5.74) is 0. The molecule has 0 aromatic rings. The molecule has 1 aliphatic rings. The van der Waals surface area contributed by atoms with Crippen LogP contribution in [0.3, 0.4) is 0 Å². The van der Waals surface area contributed by atoms with E-state index in [1.807, 2.05) is 0 Å². The highest BCUT2D eigenvalue weighted by Crippen LogP contribution is 2.16. The van der Waals surface area contributed by atoms with Gasteiger partial charge in [0.25, 0.3) is 0 Å². The Bertz CT molecular complexity index is 340. The molecule has 0 spiro atoms. The van der Waals surface area contributed by atoms with E-state index in [9.17, 15) is 0 Å². The molecule has 98 valence electrons. The second kappa shape index (κ2) is 4.93. The van der Waals surface area contributed by atoms with Crippen LogP contribution in [-0.4, -0.2) is 35.1 Å².